The Morgan fingerprint density at radius 3 is 1.18 bits per heavy atom. The van der Waals surface area contributed by atoms with E-state index in [1.54, 1.807) is 36.4 Å². The fourth-order valence-electron chi connectivity index (χ4n) is 3.27. The molecule has 0 saturated heterocycles. The largest absolute Gasteiger partial charge is 0.423 e. The Bertz CT molecular complexity index is 1450. The summed E-state index contributed by atoms with van der Waals surface area (Å²) in [7, 11) is 0. The Balaban J connectivity index is 1.89. The van der Waals surface area contributed by atoms with Crippen molar-refractivity contribution in [3.63, 3.8) is 0 Å². The molecule has 0 N–H and O–H groups in total. The number of esters is 4. The number of rotatable bonds is 11. The van der Waals surface area contributed by atoms with Gasteiger partial charge in [0.05, 0.1) is 0 Å². The summed E-state index contributed by atoms with van der Waals surface area (Å²) in [6, 6.07) is 16.6. The van der Waals surface area contributed by atoms with Gasteiger partial charge in [0.25, 0.3) is 0 Å². The first-order valence-corrected chi connectivity index (χ1v) is 11.7. The van der Waals surface area contributed by atoms with Crippen LogP contribution in [-0.4, -0.2) is 23.9 Å². The standard InChI is InChI=1S/C32H24O8/c1-5-29(33)37-25-15-22(16-26(19-25)38-30(34)6-2)10-9-21-11-13-23(14-12-21)24-17-27(39-31(35)7-3)20-28(18-24)40-32(36)8-4/h5-20H,1-4H2. The molecule has 0 spiro atoms. The van der Waals surface area contributed by atoms with Crippen LogP contribution < -0.4 is 18.9 Å². The highest BCUT2D eigenvalue weighted by Gasteiger charge is 2.11. The van der Waals surface area contributed by atoms with Crippen LogP contribution in [0.25, 0.3) is 23.3 Å². The highest BCUT2D eigenvalue weighted by molar-refractivity contribution is 5.86. The molecule has 3 rings (SSSR count). The highest BCUT2D eigenvalue weighted by Crippen LogP contribution is 2.31. The zero-order valence-corrected chi connectivity index (χ0v) is 21.3. The molecule has 0 saturated carbocycles. The van der Waals surface area contributed by atoms with E-state index in [0.717, 1.165) is 35.4 Å². The smallest absolute Gasteiger partial charge is 0.335 e. The molecule has 0 bridgehead atoms. The molecule has 8 nitrogen and oxygen atoms in total. The fourth-order valence-corrected chi connectivity index (χ4v) is 3.27. The third-order valence-corrected chi connectivity index (χ3v) is 5.04. The second-order valence-electron chi connectivity index (χ2n) is 7.89. The van der Waals surface area contributed by atoms with E-state index in [-0.39, 0.29) is 23.0 Å². The Labute approximate surface area is 230 Å². The highest BCUT2D eigenvalue weighted by atomic mass is 16.6. The summed E-state index contributed by atoms with van der Waals surface area (Å²) in [6.45, 7) is 13.5. The zero-order valence-electron chi connectivity index (χ0n) is 21.3. The van der Waals surface area contributed by atoms with E-state index in [1.807, 2.05) is 24.3 Å². The van der Waals surface area contributed by atoms with Crippen LogP contribution >= 0.6 is 0 Å². The normalized spacial score (nSPS) is 10.2. The summed E-state index contributed by atoms with van der Waals surface area (Å²) >= 11 is 0. The topological polar surface area (TPSA) is 105 Å². The number of hydrogen-bond donors (Lipinski definition) is 0. The summed E-state index contributed by atoms with van der Waals surface area (Å²) in [4.78, 5) is 46.7. The summed E-state index contributed by atoms with van der Waals surface area (Å²) in [5.74, 6) is -1.98. The van der Waals surface area contributed by atoms with Gasteiger partial charge in [-0.25, -0.2) is 19.2 Å². The van der Waals surface area contributed by atoms with Gasteiger partial charge >= 0.3 is 23.9 Å². The predicted octanol–water partition coefficient (Wildman–Crippen LogP) is 5.89. The van der Waals surface area contributed by atoms with Crippen molar-refractivity contribution in [2.75, 3.05) is 0 Å². The molecular formula is C32H24O8. The molecule has 0 aliphatic carbocycles. The molecule has 0 aromatic heterocycles. The third-order valence-electron chi connectivity index (χ3n) is 5.04. The monoisotopic (exact) mass is 536 g/mol. The first-order chi connectivity index (χ1) is 19.2. The molecular weight excluding hydrogens is 512 g/mol. The van der Waals surface area contributed by atoms with Crippen molar-refractivity contribution in [2.24, 2.45) is 0 Å². The number of carbonyl (C=O) groups excluding carboxylic acids is 4. The van der Waals surface area contributed by atoms with E-state index in [0.29, 0.717) is 11.1 Å². The maximum absolute atomic E-state index is 11.7. The van der Waals surface area contributed by atoms with Gasteiger partial charge in [0.15, 0.2) is 0 Å². The van der Waals surface area contributed by atoms with Gasteiger partial charge in [0.2, 0.25) is 0 Å². The van der Waals surface area contributed by atoms with Crippen LogP contribution in [0, 0.1) is 0 Å². The number of benzene rings is 3. The van der Waals surface area contributed by atoms with Crippen molar-refractivity contribution in [3.05, 3.63) is 122 Å². The van der Waals surface area contributed by atoms with E-state index >= 15 is 0 Å². The van der Waals surface area contributed by atoms with Crippen molar-refractivity contribution >= 4 is 36.0 Å². The summed E-state index contributed by atoms with van der Waals surface area (Å²) < 4.78 is 20.8. The summed E-state index contributed by atoms with van der Waals surface area (Å²) in [6.07, 6.45) is 7.63. The van der Waals surface area contributed by atoms with Gasteiger partial charge in [-0.05, 0) is 46.5 Å². The first kappa shape index (κ1) is 28.8. The molecule has 8 heteroatoms. The van der Waals surface area contributed by atoms with Crippen molar-refractivity contribution in [2.45, 2.75) is 0 Å². The maximum Gasteiger partial charge on any atom is 0.335 e. The van der Waals surface area contributed by atoms with Crippen LogP contribution in [-0.2, 0) is 19.2 Å². The lowest BCUT2D eigenvalue weighted by Crippen LogP contribution is -2.06. The summed E-state index contributed by atoms with van der Waals surface area (Å²) in [5, 5.41) is 0. The Morgan fingerprint density at radius 1 is 0.450 bits per heavy atom. The lowest BCUT2D eigenvalue weighted by atomic mass is 10.0. The van der Waals surface area contributed by atoms with Gasteiger partial charge in [0.1, 0.15) is 23.0 Å². The fraction of sp³-hybridized carbons (Fsp3) is 0. The molecule has 0 radical (unpaired) electrons. The van der Waals surface area contributed by atoms with Crippen LogP contribution in [0.3, 0.4) is 0 Å². The second kappa shape index (κ2) is 13.7. The Kier molecular flexibility index (Phi) is 9.86. The zero-order chi connectivity index (χ0) is 29.1. The minimum atomic E-state index is -0.663. The van der Waals surface area contributed by atoms with Gasteiger partial charge in [-0.2, -0.15) is 0 Å². The molecule has 0 aliphatic rings. The van der Waals surface area contributed by atoms with E-state index < -0.39 is 23.9 Å². The molecule has 0 atom stereocenters. The molecule has 3 aromatic rings. The van der Waals surface area contributed by atoms with Crippen LogP contribution in [0.5, 0.6) is 23.0 Å². The molecule has 3 aromatic carbocycles. The molecule has 0 amide bonds. The molecule has 0 heterocycles. The quantitative estimate of drug-likeness (QED) is 0.129. The van der Waals surface area contributed by atoms with Gasteiger partial charge < -0.3 is 18.9 Å². The van der Waals surface area contributed by atoms with Gasteiger partial charge in [0, 0.05) is 36.4 Å². The minimum absolute atomic E-state index is 0.166. The molecule has 0 unspecified atom stereocenters. The SMILES string of the molecule is C=CC(=O)Oc1cc(C=Cc2ccc(-c3cc(OC(=O)C=C)cc(OC(=O)C=C)c3)cc2)cc(OC(=O)C=C)c1. The average molecular weight is 537 g/mol. The summed E-state index contributed by atoms with van der Waals surface area (Å²) in [5.41, 5.74) is 2.79. The maximum atomic E-state index is 11.7. The van der Waals surface area contributed by atoms with Crippen molar-refractivity contribution in [1.82, 2.24) is 0 Å². The molecule has 200 valence electrons. The van der Waals surface area contributed by atoms with Crippen molar-refractivity contribution in [1.29, 1.82) is 0 Å². The lowest BCUT2D eigenvalue weighted by Gasteiger charge is -2.10. The second-order valence-corrected chi connectivity index (χ2v) is 7.89. The van der Waals surface area contributed by atoms with E-state index in [4.69, 9.17) is 18.9 Å². The van der Waals surface area contributed by atoms with E-state index in [9.17, 15) is 19.2 Å². The Hall–Kier alpha value is -5.76. The van der Waals surface area contributed by atoms with Gasteiger partial charge in [-0.1, -0.05) is 62.7 Å². The molecule has 0 fully saturated rings. The number of ether oxygens (including phenoxy) is 4. The predicted molar refractivity (Wildman–Crippen MR) is 151 cm³/mol. The third kappa shape index (κ3) is 8.39. The lowest BCUT2D eigenvalue weighted by molar-refractivity contribution is -0.130. The molecule has 0 aliphatic heterocycles. The van der Waals surface area contributed by atoms with Gasteiger partial charge in [-0.3, -0.25) is 0 Å². The van der Waals surface area contributed by atoms with Crippen molar-refractivity contribution < 1.29 is 38.1 Å². The number of hydrogen-bond acceptors (Lipinski definition) is 8. The van der Waals surface area contributed by atoms with Crippen LogP contribution in [0.2, 0.25) is 0 Å². The van der Waals surface area contributed by atoms with Crippen LogP contribution in [0.15, 0.2) is 111 Å². The molecule has 40 heavy (non-hydrogen) atoms. The first-order valence-electron chi connectivity index (χ1n) is 11.7. The van der Waals surface area contributed by atoms with Crippen LogP contribution in [0.4, 0.5) is 0 Å². The van der Waals surface area contributed by atoms with E-state index in [1.165, 1.54) is 12.1 Å². The van der Waals surface area contributed by atoms with E-state index in [2.05, 4.69) is 26.3 Å². The Morgan fingerprint density at radius 2 is 0.800 bits per heavy atom. The number of carbonyl (C=O) groups is 4. The minimum Gasteiger partial charge on any atom is -0.423 e. The van der Waals surface area contributed by atoms with Crippen LogP contribution in [0.1, 0.15) is 11.1 Å². The average Bonchev–Trinajstić information content (AvgIpc) is 2.95. The van der Waals surface area contributed by atoms with Gasteiger partial charge in [-0.15, -0.1) is 0 Å². The van der Waals surface area contributed by atoms with Crippen molar-refractivity contribution in [3.8, 4) is 34.1 Å².